The molecule has 0 saturated heterocycles. The number of benzene rings is 2. The first-order chi connectivity index (χ1) is 11.1. The first-order valence-corrected chi connectivity index (χ1v) is 7.56. The molecule has 2 aromatic carbocycles. The highest BCUT2D eigenvalue weighted by molar-refractivity contribution is 5.94. The standard InChI is InChI=1S/C19H23NO3/c1-14(17-10-5-6-11-18(17)23-4)20(2)19(21)16-9-7-8-15(12-16)13-22-3/h5-12,14H,13H2,1-4H3. The van der Waals surface area contributed by atoms with Crippen molar-refractivity contribution in [3.8, 4) is 5.75 Å². The van der Waals surface area contributed by atoms with Gasteiger partial charge in [-0.05, 0) is 30.7 Å². The average molecular weight is 313 g/mol. The van der Waals surface area contributed by atoms with Gasteiger partial charge < -0.3 is 14.4 Å². The second-order valence-electron chi connectivity index (χ2n) is 5.47. The van der Waals surface area contributed by atoms with Gasteiger partial charge in [-0.15, -0.1) is 0 Å². The molecule has 1 atom stereocenters. The quantitative estimate of drug-likeness (QED) is 0.816. The molecule has 0 spiro atoms. The fourth-order valence-electron chi connectivity index (χ4n) is 2.56. The fraction of sp³-hybridized carbons (Fsp3) is 0.316. The van der Waals surface area contributed by atoms with Gasteiger partial charge in [0.2, 0.25) is 0 Å². The number of carbonyl (C=O) groups is 1. The molecule has 0 saturated carbocycles. The van der Waals surface area contributed by atoms with Crippen molar-refractivity contribution < 1.29 is 14.3 Å². The molecule has 122 valence electrons. The van der Waals surface area contributed by atoms with E-state index in [-0.39, 0.29) is 11.9 Å². The summed E-state index contributed by atoms with van der Waals surface area (Å²) in [5, 5.41) is 0. The molecule has 2 rings (SSSR count). The van der Waals surface area contributed by atoms with E-state index in [0.717, 1.165) is 16.9 Å². The van der Waals surface area contributed by atoms with Crippen LogP contribution in [0.5, 0.6) is 5.75 Å². The maximum Gasteiger partial charge on any atom is 0.254 e. The Labute approximate surface area is 137 Å². The lowest BCUT2D eigenvalue weighted by Crippen LogP contribution is -2.30. The van der Waals surface area contributed by atoms with Gasteiger partial charge in [-0.25, -0.2) is 0 Å². The highest BCUT2D eigenvalue weighted by Gasteiger charge is 2.21. The van der Waals surface area contributed by atoms with E-state index in [0.29, 0.717) is 12.2 Å². The molecule has 1 amide bonds. The molecule has 0 radical (unpaired) electrons. The van der Waals surface area contributed by atoms with E-state index in [4.69, 9.17) is 9.47 Å². The van der Waals surface area contributed by atoms with Crippen LogP contribution >= 0.6 is 0 Å². The predicted octanol–water partition coefficient (Wildman–Crippen LogP) is 3.67. The number of ether oxygens (including phenoxy) is 2. The molecule has 4 nitrogen and oxygen atoms in total. The molecule has 0 aliphatic rings. The van der Waals surface area contributed by atoms with Crippen LogP contribution in [-0.4, -0.2) is 32.1 Å². The van der Waals surface area contributed by atoms with Crippen LogP contribution in [0.1, 0.15) is 34.5 Å². The largest absolute Gasteiger partial charge is 0.496 e. The minimum Gasteiger partial charge on any atom is -0.496 e. The Kier molecular flexibility index (Phi) is 5.77. The van der Waals surface area contributed by atoms with E-state index < -0.39 is 0 Å². The Bertz CT molecular complexity index is 669. The summed E-state index contributed by atoms with van der Waals surface area (Å²) in [6.07, 6.45) is 0. The minimum atomic E-state index is -0.0928. The second-order valence-corrected chi connectivity index (χ2v) is 5.47. The SMILES string of the molecule is COCc1cccc(C(=O)N(C)C(C)c2ccccc2OC)c1. The monoisotopic (exact) mass is 313 g/mol. The van der Waals surface area contributed by atoms with Crippen LogP contribution in [0.4, 0.5) is 0 Å². The maximum atomic E-state index is 12.8. The summed E-state index contributed by atoms with van der Waals surface area (Å²) in [5.41, 5.74) is 2.62. The zero-order valence-electron chi connectivity index (χ0n) is 14.1. The van der Waals surface area contributed by atoms with Gasteiger partial charge in [0.15, 0.2) is 0 Å². The fourth-order valence-corrected chi connectivity index (χ4v) is 2.56. The summed E-state index contributed by atoms with van der Waals surface area (Å²) in [5.74, 6) is 0.758. The third kappa shape index (κ3) is 3.90. The number of hydrogen-bond acceptors (Lipinski definition) is 3. The van der Waals surface area contributed by atoms with Crippen molar-refractivity contribution in [3.05, 3.63) is 65.2 Å². The first kappa shape index (κ1) is 17.0. The van der Waals surface area contributed by atoms with Crippen LogP contribution in [0.15, 0.2) is 48.5 Å². The van der Waals surface area contributed by atoms with Crippen LogP contribution in [0.25, 0.3) is 0 Å². The molecule has 0 heterocycles. The topological polar surface area (TPSA) is 38.8 Å². The smallest absolute Gasteiger partial charge is 0.254 e. The third-order valence-electron chi connectivity index (χ3n) is 3.98. The lowest BCUT2D eigenvalue weighted by atomic mass is 10.0. The van der Waals surface area contributed by atoms with Gasteiger partial charge in [-0.3, -0.25) is 4.79 Å². The molecule has 1 unspecified atom stereocenters. The zero-order chi connectivity index (χ0) is 16.8. The summed E-state index contributed by atoms with van der Waals surface area (Å²) in [7, 11) is 5.09. The summed E-state index contributed by atoms with van der Waals surface area (Å²) in [6, 6.07) is 15.2. The van der Waals surface area contributed by atoms with Crippen molar-refractivity contribution in [1.82, 2.24) is 4.90 Å². The van der Waals surface area contributed by atoms with Crippen molar-refractivity contribution in [1.29, 1.82) is 0 Å². The van der Waals surface area contributed by atoms with E-state index in [1.165, 1.54) is 0 Å². The third-order valence-corrected chi connectivity index (χ3v) is 3.98. The Morgan fingerprint density at radius 2 is 1.87 bits per heavy atom. The Morgan fingerprint density at radius 3 is 2.57 bits per heavy atom. The van der Waals surface area contributed by atoms with E-state index in [9.17, 15) is 4.79 Å². The van der Waals surface area contributed by atoms with E-state index in [1.807, 2.05) is 62.5 Å². The van der Waals surface area contributed by atoms with Crippen molar-refractivity contribution in [2.24, 2.45) is 0 Å². The molecule has 2 aromatic rings. The number of rotatable bonds is 6. The van der Waals surface area contributed by atoms with Crippen molar-refractivity contribution in [2.45, 2.75) is 19.6 Å². The van der Waals surface area contributed by atoms with Crippen molar-refractivity contribution in [3.63, 3.8) is 0 Å². The lowest BCUT2D eigenvalue weighted by molar-refractivity contribution is 0.0740. The molecule has 0 fully saturated rings. The predicted molar refractivity (Wildman–Crippen MR) is 90.7 cm³/mol. The van der Waals surface area contributed by atoms with Gasteiger partial charge in [0.25, 0.3) is 5.91 Å². The number of hydrogen-bond donors (Lipinski definition) is 0. The summed E-state index contributed by atoms with van der Waals surface area (Å²) in [6.45, 7) is 2.49. The van der Waals surface area contributed by atoms with Crippen LogP contribution < -0.4 is 4.74 Å². The highest BCUT2D eigenvalue weighted by Crippen LogP contribution is 2.29. The van der Waals surface area contributed by atoms with E-state index in [1.54, 1.807) is 19.1 Å². The highest BCUT2D eigenvalue weighted by atomic mass is 16.5. The van der Waals surface area contributed by atoms with E-state index >= 15 is 0 Å². The molecule has 0 aromatic heterocycles. The average Bonchev–Trinajstić information content (AvgIpc) is 2.60. The normalized spacial score (nSPS) is 11.8. The van der Waals surface area contributed by atoms with Crippen LogP contribution in [0.2, 0.25) is 0 Å². The van der Waals surface area contributed by atoms with Gasteiger partial charge in [0.05, 0.1) is 19.8 Å². The van der Waals surface area contributed by atoms with Gasteiger partial charge >= 0.3 is 0 Å². The molecular weight excluding hydrogens is 290 g/mol. The molecule has 0 aliphatic carbocycles. The number of amides is 1. The second kappa shape index (κ2) is 7.79. The van der Waals surface area contributed by atoms with Crippen LogP contribution in [0.3, 0.4) is 0 Å². The number of carbonyl (C=O) groups excluding carboxylic acids is 1. The molecule has 0 bridgehead atoms. The number of methoxy groups -OCH3 is 2. The Morgan fingerprint density at radius 1 is 1.13 bits per heavy atom. The first-order valence-electron chi connectivity index (χ1n) is 7.56. The zero-order valence-corrected chi connectivity index (χ0v) is 14.1. The molecule has 0 aliphatic heterocycles. The molecular formula is C19H23NO3. The van der Waals surface area contributed by atoms with E-state index in [2.05, 4.69) is 0 Å². The van der Waals surface area contributed by atoms with Gasteiger partial charge in [0, 0.05) is 25.3 Å². The Balaban J connectivity index is 2.23. The molecule has 4 heteroatoms. The summed E-state index contributed by atoms with van der Waals surface area (Å²) >= 11 is 0. The summed E-state index contributed by atoms with van der Waals surface area (Å²) in [4.78, 5) is 14.5. The van der Waals surface area contributed by atoms with Crippen LogP contribution in [-0.2, 0) is 11.3 Å². The van der Waals surface area contributed by atoms with Crippen molar-refractivity contribution >= 4 is 5.91 Å². The maximum absolute atomic E-state index is 12.8. The Hall–Kier alpha value is -2.33. The minimum absolute atomic E-state index is 0.0265. The lowest BCUT2D eigenvalue weighted by Gasteiger charge is -2.26. The number of para-hydroxylation sites is 1. The van der Waals surface area contributed by atoms with Crippen LogP contribution in [0, 0.1) is 0 Å². The summed E-state index contributed by atoms with van der Waals surface area (Å²) < 4.78 is 10.5. The molecule has 23 heavy (non-hydrogen) atoms. The van der Waals surface area contributed by atoms with Gasteiger partial charge in [-0.2, -0.15) is 0 Å². The van der Waals surface area contributed by atoms with Crippen molar-refractivity contribution in [2.75, 3.05) is 21.3 Å². The molecule has 0 N–H and O–H groups in total. The van der Waals surface area contributed by atoms with Gasteiger partial charge in [-0.1, -0.05) is 30.3 Å². The number of nitrogens with zero attached hydrogens (tertiary/aromatic N) is 1. The van der Waals surface area contributed by atoms with Gasteiger partial charge in [0.1, 0.15) is 5.75 Å².